The average Bonchev–Trinajstić information content (AvgIpc) is 2.22. The molecule has 1 aliphatic heterocycles. The first kappa shape index (κ1) is 5.72. The van der Waals surface area contributed by atoms with Crippen molar-refractivity contribution in [2.45, 2.75) is 19.3 Å². The van der Waals surface area contributed by atoms with Gasteiger partial charge in [-0.15, -0.1) is 0 Å². The highest BCUT2D eigenvalue weighted by atomic mass is 15.1. The van der Waals surface area contributed by atoms with Crippen LogP contribution >= 0.6 is 0 Å². The Morgan fingerprint density at radius 3 is 2.22 bits per heavy atom. The van der Waals surface area contributed by atoms with E-state index in [0.717, 1.165) is 11.8 Å². The first-order chi connectivity index (χ1) is 4.36. The van der Waals surface area contributed by atoms with Crippen LogP contribution in [0, 0.1) is 18.9 Å². The predicted octanol–water partition coefficient (Wildman–Crippen LogP) is 0.0928. The molecule has 1 nitrogen and oxygen atoms in total. The van der Waals surface area contributed by atoms with Crippen molar-refractivity contribution in [2.75, 3.05) is 13.1 Å². The minimum Gasteiger partial charge on any atom is -0.467 e. The molecule has 0 aromatic heterocycles. The monoisotopic (exact) mass is 125 g/mol. The summed E-state index contributed by atoms with van der Waals surface area (Å²) >= 11 is 0. The van der Waals surface area contributed by atoms with Gasteiger partial charge in [-0.05, 0) is 12.8 Å². The maximum atomic E-state index is 4.04. The van der Waals surface area contributed by atoms with E-state index in [9.17, 15) is 0 Å². The Labute approximate surface area is 57.0 Å². The molecule has 0 aromatic carbocycles. The van der Waals surface area contributed by atoms with Crippen molar-refractivity contribution < 1.29 is 4.90 Å². The fraction of sp³-hybridized carbons (Fsp3) is 0.875. The summed E-state index contributed by atoms with van der Waals surface area (Å²) in [6.07, 6.45) is 4.47. The summed E-state index contributed by atoms with van der Waals surface area (Å²) in [5.41, 5.74) is 0. The Kier molecular flexibility index (Phi) is 1.26. The number of hydrogen-bond acceptors (Lipinski definition) is 0. The Hall–Kier alpha value is -0.0400. The molecule has 2 fully saturated rings. The van der Waals surface area contributed by atoms with Crippen LogP contribution in [0.2, 0.25) is 0 Å². The molecule has 3 atom stereocenters. The van der Waals surface area contributed by atoms with Crippen molar-refractivity contribution >= 4 is 0 Å². The van der Waals surface area contributed by atoms with Gasteiger partial charge in [0.05, 0.1) is 13.1 Å². The zero-order valence-corrected chi connectivity index (χ0v) is 5.90. The SMILES string of the molecule is [CH2-][NH+]1C[C@H]2CCC[C@H]2C1. The van der Waals surface area contributed by atoms with Crippen LogP contribution in [0.15, 0.2) is 0 Å². The molecule has 0 amide bonds. The minimum absolute atomic E-state index is 1.05. The van der Waals surface area contributed by atoms with Gasteiger partial charge in [0.25, 0.3) is 0 Å². The van der Waals surface area contributed by atoms with Crippen molar-refractivity contribution in [1.29, 1.82) is 0 Å². The number of nitrogens with one attached hydrogen (secondary N) is 1. The van der Waals surface area contributed by atoms with E-state index in [-0.39, 0.29) is 0 Å². The highest BCUT2D eigenvalue weighted by Crippen LogP contribution is 2.31. The maximum Gasteiger partial charge on any atom is 0.0563 e. The van der Waals surface area contributed by atoms with Crippen LogP contribution < -0.4 is 4.90 Å². The van der Waals surface area contributed by atoms with E-state index < -0.39 is 0 Å². The van der Waals surface area contributed by atoms with Gasteiger partial charge in [-0.1, -0.05) is 6.42 Å². The molecule has 0 radical (unpaired) electrons. The van der Waals surface area contributed by atoms with E-state index in [4.69, 9.17) is 0 Å². The van der Waals surface area contributed by atoms with E-state index in [2.05, 4.69) is 7.05 Å². The second kappa shape index (κ2) is 1.98. The van der Waals surface area contributed by atoms with Crippen molar-refractivity contribution in [3.05, 3.63) is 7.05 Å². The van der Waals surface area contributed by atoms with Crippen molar-refractivity contribution in [3.8, 4) is 0 Å². The third-order valence-corrected chi connectivity index (χ3v) is 2.92. The summed E-state index contributed by atoms with van der Waals surface area (Å²) < 4.78 is 0. The van der Waals surface area contributed by atoms with Crippen LogP contribution in [0.3, 0.4) is 0 Å². The van der Waals surface area contributed by atoms with Gasteiger partial charge in [-0.3, -0.25) is 0 Å². The third kappa shape index (κ3) is 0.877. The van der Waals surface area contributed by atoms with E-state index in [1.54, 1.807) is 0 Å². The molecule has 9 heavy (non-hydrogen) atoms. The quantitative estimate of drug-likeness (QED) is 0.438. The van der Waals surface area contributed by atoms with Crippen molar-refractivity contribution in [3.63, 3.8) is 0 Å². The fourth-order valence-electron chi connectivity index (χ4n) is 2.48. The number of rotatable bonds is 0. The second-order valence-electron chi connectivity index (χ2n) is 3.61. The molecule has 1 saturated heterocycles. The Morgan fingerprint density at radius 1 is 1.11 bits per heavy atom. The van der Waals surface area contributed by atoms with Gasteiger partial charge in [0.15, 0.2) is 0 Å². The molecule has 1 heterocycles. The summed E-state index contributed by atoms with van der Waals surface area (Å²) in [4.78, 5) is 1.52. The molecule has 1 aliphatic carbocycles. The lowest BCUT2D eigenvalue weighted by atomic mass is 10.0. The van der Waals surface area contributed by atoms with Gasteiger partial charge in [-0.2, -0.15) is 7.05 Å². The first-order valence-electron chi connectivity index (χ1n) is 4.03. The summed E-state index contributed by atoms with van der Waals surface area (Å²) in [5, 5.41) is 0. The number of fused-ring (bicyclic) bond motifs is 1. The molecule has 0 bridgehead atoms. The molecule has 1 N–H and O–H groups in total. The lowest BCUT2D eigenvalue weighted by Gasteiger charge is -2.12. The van der Waals surface area contributed by atoms with Crippen LogP contribution in [0.4, 0.5) is 0 Å². The topological polar surface area (TPSA) is 4.44 Å². The van der Waals surface area contributed by atoms with Crippen LogP contribution in [0.1, 0.15) is 19.3 Å². The van der Waals surface area contributed by atoms with Gasteiger partial charge >= 0.3 is 0 Å². The molecule has 1 heteroatoms. The lowest BCUT2D eigenvalue weighted by Crippen LogP contribution is -3.05. The van der Waals surface area contributed by atoms with Crippen molar-refractivity contribution in [2.24, 2.45) is 11.8 Å². The predicted molar refractivity (Wildman–Crippen MR) is 36.9 cm³/mol. The maximum absolute atomic E-state index is 4.04. The van der Waals surface area contributed by atoms with Crippen LogP contribution in [-0.4, -0.2) is 13.1 Å². The van der Waals surface area contributed by atoms with Gasteiger partial charge in [-0.25, -0.2) is 0 Å². The Morgan fingerprint density at radius 2 is 1.67 bits per heavy atom. The zero-order chi connectivity index (χ0) is 6.27. The van der Waals surface area contributed by atoms with Gasteiger partial charge in [0.2, 0.25) is 0 Å². The molecule has 1 saturated carbocycles. The Bertz CT molecular complexity index is 99.1. The molecule has 2 aliphatic rings. The van der Waals surface area contributed by atoms with Crippen molar-refractivity contribution in [1.82, 2.24) is 0 Å². The molecular weight excluding hydrogens is 110 g/mol. The molecule has 2 rings (SSSR count). The van der Waals surface area contributed by atoms with Gasteiger partial charge < -0.3 is 4.90 Å². The number of hydrogen-bond donors (Lipinski definition) is 1. The second-order valence-corrected chi connectivity index (χ2v) is 3.61. The number of likely N-dealkylation sites (tertiary alicyclic amines) is 1. The lowest BCUT2D eigenvalue weighted by molar-refractivity contribution is -0.843. The zero-order valence-electron chi connectivity index (χ0n) is 5.90. The smallest absolute Gasteiger partial charge is 0.0563 e. The summed E-state index contributed by atoms with van der Waals surface area (Å²) in [6.45, 7) is 2.70. The largest absolute Gasteiger partial charge is 0.467 e. The highest BCUT2D eigenvalue weighted by Gasteiger charge is 2.35. The van der Waals surface area contributed by atoms with Crippen LogP contribution in [0.25, 0.3) is 0 Å². The van der Waals surface area contributed by atoms with Crippen LogP contribution in [0.5, 0.6) is 0 Å². The summed E-state index contributed by atoms with van der Waals surface area (Å²) in [7, 11) is 4.04. The van der Waals surface area contributed by atoms with E-state index in [0.29, 0.717) is 0 Å². The third-order valence-electron chi connectivity index (χ3n) is 2.92. The van der Waals surface area contributed by atoms with Crippen LogP contribution in [-0.2, 0) is 0 Å². The molecule has 52 valence electrons. The minimum atomic E-state index is 1.05. The summed E-state index contributed by atoms with van der Waals surface area (Å²) in [6, 6.07) is 0. The molecule has 0 spiro atoms. The van der Waals surface area contributed by atoms with Gasteiger partial charge in [0.1, 0.15) is 0 Å². The molecule has 1 unspecified atom stereocenters. The molecule has 0 aromatic rings. The normalized spacial score (nSPS) is 49.7. The van der Waals surface area contributed by atoms with E-state index >= 15 is 0 Å². The molecular formula is C8H15N. The fourth-order valence-corrected chi connectivity index (χ4v) is 2.48. The van der Waals surface area contributed by atoms with Gasteiger partial charge in [0, 0.05) is 11.8 Å². The first-order valence-corrected chi connectivity index (χ1v) is 4.03. The summed E-state index contributed by atoms with van der Waals surface area (Å²) in [5.74, 6) is 2.11. The van der Waals surface area contributed by atoms with E-state index in [1.807, 2.05) is 0 Å². The van der Waals surface area contributed by atoms with E-state index in [1.165, 1.54) is 37.3 Å². The number of quaternary nitrogens is 1. The average molecular weight is 125 g/mol. The Balaban J connectivity index is 2.02. The standard InChI is InChI=1S/C8H15N/c1-9-5-7-3-2-4-8(7)6-9/h7-9H,1-6H2/t7-,8+. The highest BCUT2D eigenvalue weighted by molar-refractivity contribution is 4.79.